The van der Waals surface area contributed by atoms with Crippen molar-refractivity contribution in [3.8, 4) is 0 Å². The molecule has 164 valence electrons. The van der Waals surface area contributed by atoms with Crippen molar-refractivity contribution in [3.63, 3.8) is 0 Å². The number of sulfone groups is 1. The second-order valence-electron chi connectivity index (χ2n) is 7.34. The van der Waals surface area contributed by atoms with Gasteiger partial charge < -0.3 is 0 Å². The molecule has 2 aromatic rings. The SMILES string of the molecule is O=[N+]([O-])c1ccc(N/N=C(/CS(=O)(=O)c2ccccc2)C2CCCCC2)c([N+](=O)[O-])c1. The minimum Gasteiger partial charge on any atom is -0.272 e. The number of hydrogen-bond donors (Lipinski definition) is 1. The Labute approximate surface area is 179 Å². The molecule has 0 atom stereocenters. The Morgan fingerprint density at radius 2 is 1.68 bits per heavy atom. The first kappa shape index (κ1) is 22.3. The van der Waals surface area contributed by atoms with Gasteiger partial charge in [0.2, 0.25) is 0 Å². The van der Waals surface area contributed by atoms with Crippen molar-refractivity contribution in [1.82, 2.24) is 0 Å². The summed E-state index contributed by atoms with van der Waals surface area (Å²) in [6.45, 7) is 0. The van der Waals surface area contributed by atoms with Crippen molar-refractivity contribution < 1.29 is 18.3 Å². The van der Waals surface area contributed by atoms with Crippen LogP contribution in [0.1, 0.15) is 32.1 Å². The van der Waals surface area contributed by atoms with Crippen LogP contribution in [0, 0.1) is 26.1 Å². The molecule has 10 nitrogen and oxygen atoms in total. The van der Waals surface area contributed by atoms with Crippen LogP contribution in [0.25, 0.3) is 0 Å². The van der Waals surface area contributed by atoms with E-state index in [9.17, 15) is 28.6 Å². The molecule has 0 spiro atoms. The lowest BCUT2D eigenvalue weighted by Gasteiger charge is -2.23. The third-order valence-corrected chi connectivity index (χ3v) is 6.89. The zero-order valence-corrected chi connectivity index (χ0v) is 17.5. The van der Waals surface area contributed by atoms with Gasteiger partial charge in [-0.2, -0.15) is 5.10 Å². The quantitative estimate of drug-likeness (QED) is 0.361. The van der Waals surface area contributed by atoms with E-state index in [1.165, 1.54) is 18.2 Å². The number of nitro benzene ring substituents is 2. The fraction of sp³-hybridized carbons (Fsp3) is 0.350. The van der Waals surface area contributed by atoms with Crippen molar-refractivity contribution >= 4 is 32.6 Å². The topological polar surface area (TPSA) is 145 Å². The zero-order valence-electron chi connectivity index (χ0n) is 16.6. The van der Waals surface area contributed by atoms with E-state index in [1.54, 1.807) is 18.2 Å². The summed E-state index contributed by atoms with van der Waals surface area (Å²) < 4.78 is 25.8. The van der Waals surface area contributed by atoms with Crippen LogP contribution in [0.4, 0.5) is 17.1 Å². The summed E-state index contributed by atoms with van der Waals surface area (Å²) in [6.07, 6.45) is 4.54. The number of anilines is 1. The van der Waals surface area contributed by atoms with Crippen molar-refractivity contribution in [2.24, 2.45) is 11.0 Å². The smallest absolute Gasteiger partial charge is 0.272 e. The van der Waals surface area contributed by atoms with Gasteiger partial charge in [0.1, 0.15) is 5.69 Å². The molecule has 11 heteroatoms. The van der Waals surface area contributed by atoms with Gasteiger partial charge in [0.25, 0.3) is 5.69 Å². The Morgan fingerprint density at radius 3 is 2.29 bits per heavy atom. The highest BCUT2D eigenvalue weighted by Crippen LogP contribution is 2.30. The van der Waals surface area contributed by atoms with Crippen LogP contribution in [0.2, 0.25) is 0 Å². The molecule has 1 aliphatic carbocycles. The van der Waals surface area contributed by atoms with Gasteiger partial charge in [-0.3, -0.25) is 25.7 Å². The summed E-state index contributed by atoms with van der Waals surface area (Å²) in [4.78, 5) is 21.0. The van der Waals surface area contributed by atoms with Crippen molar-refractivity contribution in [1.29, 1.82) is 0 Å². The molecule has 1 N–H and O–H groups in total. The highest BCUT2D eigenvalue weighted by Gasteiger charge is 2.26. The predicted octanol–water partition coefficient (Wildman–Crippen LogP) is 4.33. The normalized spacial score (nSPS) is 15.4. The van der Waals surface area contributed by atoms with E-state index in [-0.39, 0.29) is 22.3 Å². The average Bonchev–Trinajstić information content (AvgIpc) is 2.77. The van der Waals surface area contributed by atoms with Gasteiger partial charge in [-0.1, -0.05) is 37.5 Å². The van der Waals surface area contributed by atoms with E-state index >= 15 is 0 Å². The summed E-state index contributed by atoms with van der Waals surface area (Å²) in [5, 5.41) is 26.5. The van der Waals surface area contributed by atoms with E-state index in [4.69, 9.17) is 0 Å². The first-order chi connectivity index (χ1) is 14.8. The molecule has 1 fully saturated rings. The van der Waals surface area contributed by atoms with Gasteiger partial charge in [0.15, 0.2) is 9.84 Å². The van der Waals surface area contributed by atoms with Crippen LogP contribution < -0.4 is 5.43 Å². The fourth-order valence-corrected chi connectivity index (χ4v) is 5.02. The van der Waals surface area contributed by atoms with Crippen LogP contribution in [0.15, 0.2) is 58.5 Å². The number of nitrogens with zero attached hydrogens (tertiary/aromatic N) is 3. The highest BCUT2D eigenvalue weighted by atomic mass is 32.2. The molecule has 3 rings (SSSR count). The second kappa shape index (κ2) is 9.65. The number of benzene rings is 2. The summed E-state index contributed by atoms with van der Waals surface area (Å²) in [5.74, 6) is -0.369. The predicted molar refractivity (Wildman–Crippen MR) is 116 cm³/mol. The lowest BCUT2D eigenvalue weighted by molar-refractivity contribution is -0.393. The third-order valence-electron chi connectivity index (χ3n) is 5.23. The number of nitro groups is 2. The van der Waals surface area contributed by atoms with E-state index in [1.807, 2.05) is 0 Å². The maximum absolute atomic E-state index is 12.9. The summed E-state index contributed by atoms with van der Waals surface area (Å²) in [7, 11) is -3.65. The molecule has 1 saturated carbocycles. The van der Waals surface area contributed by atoms with Gasteiger partial charge in [0.05, 0.1) is 32.3 Å². The average molecular weight is 446 g/mol. The van der Waals surface area contributed by atoms with Crippen molar-refractivity contribution in [2.45, 2.75) is 37.0 Å². The standard InChI is InChI=1S/C20H22N4O6S/c25-23(26)16-11-12-18(20(13-16)24(27)28)21-22-19(15-7-3-1-4-8-15)14-31(29,30)17-9-5-2-6-10-17/h2,5-6,9-13,15,21H,1,3-4,7-8,14H2/b22-19-. The van der Waals surface area contributed by atoms with Gasteiger partial charge in [-0.05, 0) is 31.0 Å². The highest BCUT2D eigenvalue weighted by molar-refractivity contribution is 7.92. The fourth-order valence-electron chi connectivity index (χ4n) is 3.59. The Balaban J connectivity index is 1.93. The summed E-state index contributed by atoms with van der Waals surface area (Å²) in [5.41, 5.74) is 2.03. The number of hydrogen-bond acceptors (Lipinski definition) is 8. The molecule has 0 heterocycles. The van der Waals surface area contributed by atoms with E-state index < -0.39 is 31.1 Å². The first-order valence-corrected chi connectivity index (χ1v) is 11.5. The molecule has 0 aliphatic heterocycles. The molecule has 1 aliphatic rings. The van der Waals surface area contributed by atoms with Crippen LogP contribution in [-0.4, -0.2) is 29.7 Å². The maximum Gasteiger partial charge on any atom is 0.301 e. The van der Waals surface area contributed by atoms with Crippen molar-refractivity contribution in [2.75, 3.05) is 11.2 Å². The first-order valence-electron chi connectivity index (χ1n) is 9.81. The van der Waals surface area contributed by atoms with Crippen LogP contribution in [-0.2, 0) is 9.84 Å². The molecular weight excluding hydrogens is 424 g/mol. The Hall–Kier alpha value is -3.34. The molecule has 0 bridgehead atoms. The Morgan fingerprint density at radius 1 is 1.00 bits per heavy atom. The van der Waals surface area contributed by atoms with Crippen LogP contribution >= 0.6 is 0 Å². The molecule has 0 saturated heterocycles. The van der Waals surface area contributed by atoms with E-state index in [2.05, 4.69) is 10.5 Å². The van der Waals surface area contributed by atoms with E-state index in [0.29, 0.717) is 5.71 Å². The molecule has 0 aromatic heterocycles. The van der Waals surface area contributed by atoms with Gasteiger partial charge >= 0.3 is 5.69 Å². The van der Waals surface area contributed by atoms with Gasteiger partial charge in [0, 0.05) is 12.0 Å². The van der Waals surface area contributed by atoms with Crippen LogP contribution in [0.3, 0.4) is 0 Å². The van der Waals surface area contributed by atoms with Gasteiger partial charge in [-0.15, -0.1) is 0 Å². The van der Waals surface area contributed by atoms with Gasteiger partial charge in [-0.25, -0.2) is 8.42 Å². The molecule has 0 amide bonds. The maximum atomic E-state index is 12.9. The largest absolute Gasteiger partial charge is 0.301 e. The Bertz CT molecular complexity index is 1100. The summed E-state index contributed by atoms with van der Waals surface area (Å²) >= 11 is 0. The molecule has 0 radical (unpaired) electrons. The number of non-ortho nitro benzene ring substituents is 1. The lowest BCUT2D eigenvalue weighted by Crippen LogP contribution is -2.27. The lowest BCUT2D eigenvalue weighted by atomic mass is 9.86. The Kier molecular flexibility index (Phi) is 6.95. The molecular formula is C20H22N4O6S. The van der Waals surface area contributed by atoms with Crippen molar-refractivity contribution in [3.05, 3.63) is 68.8 Å². The number of rotatable bonds is 8. The molecule has 2 aromatic carbocycles. The number of hydrazone groups is 1. The van der Waals surface area contributed by atoms with Crippen LogP contribution in [0.5, 0.6) is 0 Å². The second-order valence-corrected chi connectivity index (χ2v) is 9.33. The minimum atomic E-state index is -3.65. The molecule has 31 heavy (non-hydrogen) atoms. The monoisotopic (exact) mass is 446 g/mol. The minimum absolute atomic E-state index is 0.0407. The summed E-state index contributed by atoms with van der Waals surface area (Å²) in [6, 6.07) is 11.2. The molecule has 0 unspecified atom stereocenters. The third kappa shape index (κ3) is 5.63. The number of nitrogens with one attached hydrogen (secondary N) is 1. The zero-order chi connectivity index (χ0) is 22.4. The van der Waals surface area contributed by atoms with E-state index in [0.717, 1.165) is 44.2 Å².